The van der Waals surface area contributed by atoms with E-state index in [1.807, 2.05) is 20.8 Å². The van der Waals surface area contributed by atoms with Crippen LogP contribution in [0.25, 0.3) is 16.2 Å². The quantitative estimate of drug-likeness (QED) is 0.487. The molecule has 2 aliphatic heterocycles. The van der Waals surface area contributed by atoms with Gasteiger partial charge in [0, 0.05) is 37.9 Å². The van der Waals surface area contributed by atoms with Crippen LogP contribution in [0.5, 0.6) is 0 Å². The van der Waals surface area contributed by atoms with Gasteiger partial charge in [-0.15, -0.1) is 5.10 Å². The molecule has 0 aliphatic carbocycles. The van der Waals surface area contributed by atoms with Gasteiger partial charge in [0.25, 0.3) is 0 Å². The number of rotatable bonds is 2. The highest BCUT2D eigenvalue weighted by atomic mass is 32.1. The van der Waals surface area contributed by atoms with Gasteiger partial charge in [-0.25, -0.2) is 19.3 Å². The molecule has 5 heterocycles. The zero-order valence-corrected chi connectivity index (χ0v) is 21.8. The summed E-state index contributed by atoms with van der Waals surface area (Å²) in [7, 11) is 0. The standard InChI is InChI=1S/C24H30F3N7O2S/c1-22(2,3)36-21(35)32-9-6-23(7-10-32)5-4-8-33(14-23)20-31-34-17(13-30-19(34)37-20)15-11-16(24(25,26)27)18(28)29-12-15/h11-13H,4-10,14H2,1-3H3,(H2,28,29). The van der Waals surface area contributed by atoms with Gasteiger partial charge in [-0.1, -0.05) is 11.3 Å². The molecule has 0 aromatic carbocycles. The Morgan fingerprint density at radius 2 is 1.84 bits per heavy atom. The van der Waals surface area contributed by atoms with Crippen LogP contribution in [0.1, 0.15) is 52.0 Å². The predicted molar refractivity (Wildman–Crippen MR) is 134 cm³/mol. The summed E-state index contributed by atoms with van der Waals surface area (Å²) in [5, 5.41) is 5.50. The van der Waals surface area contributed by atoms with Gasteiger partial charge < -0.3 is 20.3 Å². The largest absolute Gasteiger partial charge is 0.444 e. The number of nitrogen functional groups attached to an aromatic ring is 1. The highest BCUT2D eigenvalue weighted by Crippen LogP contribution is 2.42. The maximum atomic E-state index is 13.4. The average molecular weight is 538 g/mol. The van der Waals surface area contributed by atoms with E-state index >= 15 is 0 Å². The van der Waals surface area contributed by atoms with Crippen molar-refractivity contribution in [2.45, 2.75) is 58.2 Å². The monoisotopic (exact) mass is 537 g/mol. The number of anilines is 2. The van der Waals surface area contributed by atoms with E-state index in [0.717, 1.165) is 50.0 Å². The number of hydrogen-bond donors (Lipinski definition) is 1. The summed E-state index contributed by atoms with van der Waals surface area (Å²) < 4.78 is 47.2. The Kier molecular flexibility index (Phi) is 6.24. The molecule has 2 saturated heterocycles. The van der Waals surface area contributed by atoms with Gasteiger partial charge in [-0.2, -0.15) is 13.2 Å². The first-order valence-corrected chi connectivity index (χ1v) is 13.1. The highest BCUT2D eigenvalue weighted by Gasteiger charge is 2.41. The van der Waals surface area contributed by atoms with Crippen molar-refractivity contribution in [1.82, 2.24) is 24.5 Å². The van der Waals surface area contributed by atoms with Crippen molar-refractivity contribution in [3.63, 3.8) is 0 Å². The van der Waals surface area contributed by atoms with Crippen molar-refractivity contribution in [3.05, 3.63) is 24.0 Å². The zero-order valence-electron chi connectivity index (χ0n) is 21.0. The van der Waals surface area contributed by atoms with Crippen LogP contribution >= 0.6 is 11.3 Å². The van der Waals surface area contributed by atoms with Crippen molar-refractivity contribution in [2.75, 3.05) is 36.8 Å². The molecule has 0 bridgehead atoms. The first kappa shape index (κ1) is 25.6. The molecule has 3 aromatic heterocycles. The first-order valence-electron chi connectivity index (χ1n) is 12.2. The average Bonchev–Trinajstić information content (AvgIpc) is 3.39. The number of aromatic nitrogens is 4. The minimum absolute atomic E-state index is 0.0792. The second-order valence-corrected chi connectivity index (χ2v) is 11.8. The third-order valence-corrected chi connectivity index (χ3v) is 7.99. The molecule has 1 amide bonds. The van der Waals surface area contributed by atoms with E-state index in [0.29, 0.717) is 23.7 Å². The summed E-state index contributed by atoms with van der Waals surface area (Å²) in [6, 6.07) is 0.985. The third kappa shape index (κ3) is 5.18. The molecule has 0 saturated carbocycles. The number of nitrogens with two attached hydrogens (primary N) is 1. The van der Waals surface area contributed by atoms with Gasteiger partial charge in [-0.3, -0.25) is 0 Å². The van der Waals surface area contributed by atoms with E-state index in [9.17, 15) is 18.0 Å². The third-order valence-electron chi connectivity index (χ3n) is 7.00. The first-order chi connectivity index (χ1) is 17.3. The molecule has 3 aromatic rings. The fourth-order valence-corrected chi connectivity index (χ4v) is 6.02. The Balaban J connectivity index is 1.33. The summed E-state index contributed by atoms with van der Waals surface area (Å²) in [5.74, 6) is -0.563. The van der Waals surface area contributed by atoms with Crippen LogP contribution in [0.15, 0.2) is 18.5 Å². The fraction of sp³-hybridized carbons (Fsp3) is 0.583. The molecule has 0 radical (unpaired) electrons. The zero-order chi connectivity index (χ0) is 26.6. The van der Waals surface area contributed by atoms with Crippen molar-refractivity contribution >= 4 is 33.3 Å². The maximum absolute atomic E-state index is 13.4. The summed E-state index contributed by atoms with van der Waals surface area (Å²) in [4.78, 5) is 25.2. The SMILES string of the molecule is CC(C)(C)OC(=O)N1CCC2(CCCN(c3nn4c(-c5cnc(N)c(C(F)(F)F)c5)cnc4s3)C2)CC1. The van der Waals surface area contributed by atoms with E-state index in [2.05, 4.69) is 14.9 Å². The second-order valence-electron chi connectivity index (χ2n) is 10.9. The number of alkyl halides is 3. The van der Waals surface area contributed by atoms with Crippen LogP contribution < -0.4 is 10.6 Å². The normalized spacial score (nSPS) is 18.5. The minimum Gasteiger partial charge on any atom is -0.444 e. The summed E-state index contributed by atoms with van der Waals surface area (Å²) in [6.45, 7) is 8.55. The van der Waals surface area contributed by atoms with Crippen LogP contribution in [-0.4, -0.2) is 62.4 Å². The molecule has 2 fully saturated rings. The van der Waals surface area contributed by atoms with Gasteiger partial charge in [-0.05, 0) is 57.9 Å². The van der Waals surface area contributed by atoms with Crippen LogP contribution in [0.3, 0.4) is 0 Å². The molecule has 200 valence electrons. The Hall–Kier alpha value is -3.09. The summed E-state index contributed by atoms with van der Waals surface area (Å²) in [6.07, 6.45) is 1.78. The molecular weight excluding hydrogens is 507 g/mol. The molecule has 0 atom stereocenters. The number of halogens is 3. The number of pyridine rings is 1. The van der Waals surface area contributed by atoms with E-state index in [1.54, 1.807) is 9.42 Å². The topological polar surface area (TPSA) is 102 Å². The van der Waals surface area contributed by atoms with Gasteiger partial charge in [0.1, 0.15) is 11.4 Å². The fourth-order valence-electron chi connectivity index (χ4n) is 5.12. The van der Waals surface area contributed by atoms with Crippen LogP contribution in [-0.2, 0) is 10.9 Å². The van der Waals surface area contributed by atoms with Crippen molar-refractivity contribution in [1.29, 1.82) is 0 Å². The van der Waals surface area contributed by atoms with Crippen molar-refractivity contribution < 1.29 is 22.7 Å². The molecule has 37 heavy (non-hydrogen) atoms. The number of imidazole rings is 1. The smallest absolute Gasteiger partial charge is 0.419 e. The Morgan fingerprint density at radius 3 is 2.51 bits per heavy atom. The lowest BCUT2D eigenvalue weighted by Crippen LogP contribution is -2.51. The molecule has 1 spiro atoms. The molecule has 2 N–H and O–H groups in total. The van der Waals surface area contributed by atoms with Crippen LogP contribution in [0, 0.1) is 5.41 Å². The molecule has 13 heteroatoms. The number of piperidine rings is 2. The van der Waals surface area contributed by atoms with Gasteiger partial charge in [0.15, 0.2) is 0 Å². The number of fused-ring (bicyclic) bond motifs is 1. The Labute approximate surface area is 216 Å². The number of amides is 1. The predicted octanol–water partition coefficient (Wildman–Crippen LogP) is 5.07. The lowest BCUT2D eigenvalue weighted by Gasteiger charge is -2.47. The van der Waals surface area contributed by atoms with Crippen molar-refractivity contribution in [2.24, 2.45) is 5.41 Å². The van der Waals surface area contributed by atoms with Crippen molar-refractivity contribution in [3.8, 4) is 11.3 Å². The van der Waals surface area contributed by atoms with E-state index < -0.39 is 23.2 Å². The number of carbonyl (C=O) groups excluding carboxylic acids is 1. The molecule has 5 rings (SSSR count). The van der Waals surface area contributed by atoms with E-state index in [1.165, 1.54) is 23.7 Å². The lowest BCUT2D eigenvalue weighted by molar-refractivity contribution is -0.137. The number of hydrogen-bond acceptors (Lipinski definition) is 8. The molecular formula is C24H30F3N7O2S. The number of likely N-dealkylation sites (tertiary alicyclic amines) is 1. The Morgan fingerprint density at radius 1 is 1.11 bits per heavy atom. The lowest BCUT2D eigenvalue weighted by atomic mass is 9.72. The van der Waals surface area contributed by atoms with E-state index in [4.69, 9.17) is 15.6 Å². The summed E-state index contributed by atoms with van der Waals surface area (Å²) in [5.41, 5.74) is 4.71. The highest BCUT2D eigenvalue weighted by molar-refractivity contribution is 7.20. The van der Waals surface area contributed by atoms with Crippen LogP contribution in [0.2, 0.25) is 0 Å². The molecule has 0 unspecified atom stereocenters. The van der Waals surface area contributed by atoms with Gasteiger partial charge >= 0.3 is 12.3 Å². The Bertz CT molecular complexity index is 1310. The van der Waals surface area contributed by atoms with Gasteiger partial charge in [0.2, 0.25) is 10.1 Å². The van der Waals surface area contributed by atoms with Crippen LogP contribution in [0.4, 0.5) is 28.9 Å². The molecule has 9 nitrogen and oxygen atoms in total. The summed E-state index contributed by atoms with van der Waals surface area (Å²) >= 11 is 1.41. The minimum atomic E-state index is -4.61. The number of ether oxygens (including phenoxy) is 1. The maximum Gasteiger partial charge on any atom is 0.419 e. The molecule has 2 aliphatic rings. The van der Waals surface area contributed by atoms with Gasteiger partial charge in [0.05, 0.1) is 17.5 Å². The number of carbonyl (C=O) groups is 1. The second kappa shape index (κ2) is 9.03. The van der Waals surface area contributed by atoms with E-state index in [-0.39, 0.29) is 17.1 Å². The number of nitrogens with zero attached hydrogens (tertiary/aromatic N) is 6.